The Morgan fingerprint density at radius 2 is 0.705 bits per heavy atom. The standard InChI is InChI=1S/C30H70N2O9Si3/c1-10-33-42(34-11-2,35-12-3)25-19-22-29(28-31)30(32,23-20-26-43(36-13-4,37-14-5)38-15-6)24-21-27-44(39-16-7,40-17-8)41-18-9/h29H,10-28,31-32H2,1-9H3. The first kappa shape index (κ1) is 44.2. The Labute approximate surface area is 273 Å². The Bertz CT molecular complexity index is 603. The molecule has 0 aliphatic carbocycles. The first-order valence-corrected chi connectivity index (χ1v) is 23.2. The van der Waals surface area contributed by atoms with Crippen LogP contribution in [0.2, 0.25) is 18.1 Å². The number of rotatable bonds is 32. The summed E-state index contributed by atoms with van der Waals surface area (Å²) in [7, 11) is -8.35. The van der Waals surface area contributed by atoms with E-state index in [0.717, 1.165) is 44.6 Å². The lowest BCUT2D eigenvalue weighted by molar-refractivity contribution is 0.0667. The predicted octanol–water partition coefficient (Wildman–Crippen LogP) is 5.74. The molecule has 0 bridgehead atoms. The van der Waals surface area contributed by atoms with Gasteiger partial charge in [-0.05, 0) is 113 Å². The van der Waals surface area contributed by atoms with Crippen molar-refractivity contribution >= 4 is 26.4 Å². The van der Waals surface area contributed by atoms with E-state index < -0.39 is 32.0 Å². The van der Waals surface area contributed by atoms with E-state index >= 15 is 0 Å². The molecule has 0 rings (SSSR count). The molecule has 14 heteroatoms. The molecule has 11 nitrogen and oxygen atoms in total. The first-order valence-electron chi connectivity index (χ1n) is 17.4. The van der Waals surface area contributed by atoms with Gasteiger partial charge < -0.3 is 51.3 Å². The molecule has 0 aromatic carbocycles. The minimum Gasteiger partial charge on any atom is -0.374 e. The Morgan fingerprint density at radius 3 is 0.932 bits per heavy atom. The van der Waals surface area contributed by atoms with E-state index in [2.05, 4.69) is 0 Å². The first-order chi connectivity index (χ1) is 21.1. The van der Waals surface area contributed by atoms with Gasteiger partial charge in [0.15, 0.2) is 0 Å². The third kappa shape index (κ3) is 15.9. The maximum absolute atomic E-state index is 7.40. The second-order valence-electron chi connectivity index (χ2n) is 10.7. The zero-order valence-electron chi connectivity index (χ0n) is 29.8. The molecule has 0 aromatic heterocycles. The summed E-state index contributed by atoms with van der Waals surface area (Å²) in [6.07, 6.45) is 4.89. The van der Waals surface area contributed by atoms with Crippen molar-refractivity contribution in [1.82, 2.24) is 0 Å². The molecule has 1 atom stereocenters. The third-order valence-electron chi connectivity index (χ3n) is 7.66. The Hall–Kier alpha value is 0.211. The van der Waals surface area contributed by atoms with Gasteiger partial charge in [0.05, 0.1) is 0 Å². The molecule has 44 heavy (non-hydrogen) atoms. The maximum atomic E-state index is 7.40. The van der Waals surface area contributed by atoms with E-state index in [9.17, 15) is 0 Å². The van der Waals surface area contributed by atoms with Crippen molar-refractivity contribution < 1.29 is 39.8 Å². The zero-order valence-corrected chi connectivity index (χ0v) is 32.8. The van der Waals surface area contributed by atoms with E-state index in [-0.39, 0.29) is 5.92 Å². The summed E-state index contributed by atoms with van der Waals surface area (Å²) in [5.41, 5.74) is 13.4. The van der Waals surface area contributed by atoms with Gasteiger partial charge in [0.2, 0.25) is 0 Å². The molecule has 0 heterocycles. The van der Waals surface area contributed by atoms with Crippen molar-refractivity contribution in [2.24, 2.45) is 17.4 Å². The topological polar surface area (TPSA) is 135 Å². The van der Waals surface area contributed by atoms with Crippen LogP contribution in [-0.4, -0.2) is 98.0 Å². The van der Waals surface area contributed by atoms with Gasteiger partial charge in [-0.2, -0.15) is 0 Å². The van der Waals surface area contributed by atoms with E-state index in [4.69, 9.17) is 51.3 Å². The summed E-state index contributed by atoms with van der Waals surface area (Å²) in [5, 5.41) is 0. The second-order valence-corrected chi connectivity index (χ2v) is 18.9. The molecule has 4 N–H and O–H groups in total. The molecule has 0 aliphatic rings. The average molecular weight is 687 g/mol. The predicted molar refractivity (Wildman–Crippen MR) is 183 cm³/mol. The number of hydrogen-bond acceptors (Lipinski definition) is 11. The normalized spacial score (nSPS) is 14.0. The summed E-state index contributed by atoms with van der Waals surface area (Å²) < 4.78 is 55.2. The molecule has 0 amide bonds. The van der Waals surface area contributed by atoms with Crippen LogP contribution in [0.1, 0.15) is 101 Å². The van der Waals surface area contributed by atoms with Gasteiger partial charge in [0.25, 0.3) is 0 Å². The molecule has 0 radical (unpaired) electrons. The lowest BCUT2D eigenvalue weighted by Gasteiger charge is -2.39. The SMILES string of the molecule is CCO[Si](CCCC(CN)C(N)(CCC[Si](OCC)(OCC)OCC)CCC[Si](OCC)(OCC)OCC)(OCC)OCC. The van der Waals surface area contributed by atoms with Crippen LogP contribution in [0.25, 0.3) is 0 Å². The van der Waals surface area contributed by atoms with Gasteiger partial charge in [-0.3, -0.25) is 0 Å². The summed E-state index contributed by atoms with van der Waals surface area (Å²) in [4.78, 5) is 0. The summed E-state index contributed by atoms with van der Waals surface area (Å²) in [5.74, 6) is 0.0868. The van der Waals surface area contributed by atoms with Crippen LogP contribution >= 0.6 is 0 Å². The van der Waals surface area contributed by atoms with Gasteiger partial charge in [-0.25, -0.2) is 0 Å². The highest BCUT2D eigenvalue weighted by Crippen LogP contribution is 2.34. The van der Waals surface area contributed by atoms with E-state index in [1.165, 1.54) is 0 Å². The minimum absolute atomic E-state index is 0.0868. The van der Waals surface area contributed by atoms with Gasteiger partial charge in [0, 0.05) is 83.1 Å². The summed E-state index contributed by atoms with van der Waals surface area (Å²) in [6.45, 7) is 23.3. The fraction of sp³-hybridized carbons (Fsp3) is 1.00. The highest BCUT2D eigenvalue weighted by Gasteiger charge is 2.45. The molecule has 0 saturated heterocycles. The van der Waals surface area contributed by atoms with Crippen molar-refractivity contribution in [3.05, 3.63) is 0 Å². The highest BCUT2D eigenvalue weighted by atomic mass is 28.4. The van der Waals surface area contributed by atoms with E-state index in [1.807, 2.05) is 62.3 Å². The van der Waals surface area contributed by atoms with Crippen LogP contribution < -0.4 is 11.5 Å². The van der Waals surface area contributed by atoms with Crippen molar-refractivity contribution in [2.75, 3.05) is 66.0 Å². The van der Waals surface area contributed by atoms with Crippen LogP contribution in [0.15, 0.2) is 0 Å². The minimum atomic E-state index is -2.80. The monoisotopic (exact) mass is 686 g/mol. The number of nitrogens with two attached hydrogens (primary N) is 2. The summed E-state index contributed by atoms with van der Waals surface area (Å²) >= 11 is 0. The molecular formula is C30H70N2O9Si3. The van der Waals surface area contributed by atoms with E-state index in [0.29, 0.717) is 78.1 Å². The lowest BCUT2D eigenvalue weighted by Crippen LogP contribution is -2.52. The molecule has 266 valence electrons. The molecule has 0 spiro atoms. The smallest absolute Gasteiger partial charge is 0.374 e. The van der Waals surface area contributed by atoms with Crippen molar-refractivity contribution in [3.8, 4) is 0 Å². The van der Waals surface area contributed by atoms with Gasteiger partial charge >= 0.3 is 26.4 Å². The van der Waals surface area contributed by atoms with Crippen molar-refractivity contribution in [1.29, 1.82) is 0 Å². The molecular weight excluding hydrogens is 617 g/mol. The van der Waals surface area contributed by atoms with Gasteiger partial charge in [-0.15, -0.1) is 0 Å². The van der Waals surface area contributed by atoms with Crippen LogP contribution in [0.4, 0.5) is 0 Å². The fourth-order valence-electron chi connectivity index (χ4n) is 6.01. The van der Waals surface area contributed by atoms with Crippen LogP contribution in [0, 0.1) is 5.92 Å². The second kappa shape index (κ2) is 25.3. The zero-order chi connectivity index (χ0) is 33.4. The van der Waals surface area contributed by atoms with Crippen LogP contribution in [-0.2, 0) is 39.8 Å². The molecule has 0 saturated carbocycles. The van der Waals surface area contributed by atoms with Crippen molar-refractivity contribution in [3.63, 3.8) is 0 Å². The largest absolute Gasteiger partial charge is 0.500 e. The van der Waals surface area contributed by atoms with Gasteiger partial charge in [-0.1, -0.05) is 0 Å². The molecule has 0 fully saturated rings. The number of hydrogen-bond donors (Lipinski definition) is 2. The Morgan fingerprint density at radius 1 is 0.455 bits per heavy atom. The van der Waals surface area contributed by atoms with Gasteiger partial charge in [0.1, 0.15) is 0 Å². The quantitative estimate of drug-likeness (QED) is 0.0839. The van der Waals surface area contributed by atoms with Crippen molar-refractivity contribution in [2.45, 2.75) is 125 Å². The fourth-order valence-corrected chi connectivity index (χ4v) is 13.9. The lowest BCUT2D eigenvalue weighted by atomic mass is 9.75. The Balaban J connectivity index is 6.02. The molecule has 0 aromatic rings. The third-order valence-corrected chi connectivity index (χ3v) is 17.1. The molecule has 1 unspecified atom stereocenters. The summed E-state index contributed by atoms with van der Waals surface area (Å²) in [6, 6.07) is 2.16. The molecule has 0 aliphatic heterocycles. The highest BCUT2D eigenvalue weighted by molar-refractivity contribution is 6.61. The average Bonchev–Trinajstić information content (AvgIpc) is 2.96. The van der Waals surface area contributed by atoms with Crippen LogP contribution in [0.5, 0.6) is 0 Å². The van der Waals surface area contributed by atoms with E-state index in [1.54, 1.807) is 0 Å². The maximum Gasteiger partial charge on any atom is 0.500 e. The van der Waals surface area contributed by atoms with Crippen LogP contribution in [0.3, 0.4) is 0 Å². The Kier molecular flexibility index (Phi) is 25.4.